The van der Waals surface area contributed by atoms with Crippen LogP contribution in [0.4, 0.5) is 5.69 Å². The maximum Gasteiger partial charge on any atom is 0.235 e. The van der Waals surface area contributed by atoms with E-state index in [1.54, 1.807) is 7.11 Å². The molecule has 2 aromatic carbocycles. The first-order valence-corrected chi connectivity index (χ1v) is 8.84. The number of carbonyl (C=O) groups excluding carboxylic acids is 1. The van der Waals surface area contributed by atoms with Gasteiger partial charge in [0.15, 0.2) is 5.82 Å². The average Bonchev–Trinajstić information content (AvgIpc) is 3.21. The summed E-state index contributed by atoms with van der Waals surface area (Å²) in [6.07, 6.45) is 0.437. The summed E-state index contributed by atoms with van der Waals surface area (Å²) in [4.78, 5) is 12.9. The monoisotopic (exact) mass is 365 g/mol. The number of ether oxygens (including phenoxy) is 1. The van der Waals surface area contributed by atoms with Crippen LogP contribution in [0.1, 0.15) is 42.6 Å². The lowest BCUT2D eigenvalue weighted by Crippen LogP contribution is -2.24. The van der Waals surface area contributed by atoms with Crippen LogP contribution in [-0.2, 0) is 11.2 Å². The Labute approximate surface area is 158 Å². The van der Waals surface area contributed by atoms with E-state index in [9.17, 15) is 4.79 Å². The fraction of sp³-hybridized carbons (Fsp3) is 0.300. The number of anilines is 1. The highest BCUT2D eigenvalue weighted by atomic mass is 16.5. The number of benzene rings is 2. The van der Waals surface area contributed by atoms with Gasteiger partial charge in [-0.25, -0.2) is 0 Å². The number of methoxy groups -OCH3 is 1. The summed E-state index contributed by atoms with van der Waals surface area (Å²) in [5.41, 5.74) is 2.91. The van der Waals surface area contributed by atoms with Crippen molar-refractivity contribution in [1.82, 2.24) is 20.6 Å². The minimum absolute atomic E-state index is 0.184. The first-order chi connectivity index (χ1) is 13.1. The van der Waals surface area contributed by atoms with Crippen molar-refractivity contribution >= 4 is 11.6 Å². The number of nitrogens with zero attached hydrogens (tertiary/aromatic N) is 3. The van der Waals surface area contributed by atoms with E-state index in [0.717, 1.165) is 17.0 Å². The van der Waals surface area contributed by atoms with E-state index in [4.69, 9.17) is 4.74 Å². The second-order valence-corrected chi connectivity index (χ2v) is 6.64. The Morgan fingerprint density at radius 1 is 1.19 bits per heavy atom. The van der Waals surface area contributed by atoms with E-state index in [-0.39, 0.29) is 5.91 Å². The highest BCUT2D eigenvalue weighted by Crippen LogP contribution is 2.23. The van der Waals surface area contributed by atoms with Crippen LogP contribution >= 0.6 is 0 Å². The number of aromatic nitrogens is 4. The molecule has 0 aliphatic heterocycles. The predicted molar refractivity (Wildman–Crippen MR) is 103 cm³/mol. The van der Waals surface area contributed by atoms with Crippen LogP contribution in [0.2, 0.25) is 0 Å². The molecule has 1 atom stereocenters. The Hall–Kier alpha value is -3.22. The van der Waals surface area contributed by atoms with E-state index in [1.807, 2.05) is 48.5 Å². The van der Waals surface area contributed by atoms with Crippen molar-refractivity contribution in [3.63, 3.8) is 0 Å². The Bertz CT molecular complexity index is 876. The Morgan fingerprint density at radius 3 is 2.59 bits per heavy atom. The number of carbonyl (C=O) groups is 1. The third kappa shape index (κ3) is 4.69. The van der Waals surface area contributed by atoms with Gasteiger partial charge in [-0.2, -0.15) is 5.21 Å². The third-order valence-corrected chi connectivity index (χ3v) is 4.41. The van der Waals surface area contributed by atoms with Crippen LogP contribution in [0.25, 0.3) is 0 Å². The Balaban J connectivity index is 1.79. The lowest BCUT2D eigenvalue weighted by atomic mass is 9.97. The molecule has 0 radical (unpaired) electrons. The molecule has 0 bridgehead atoms. The van der Waals surface area contributed by atoms with Crippen molar-refractivity contribution in [3.05, 3.63) is 65.5 Å². The van der Waals surface area contributed by atoms with Crippen LogP contribution in [0.5, 0.6) is 5.75 Å². The molecule has 1 amide bonds. The SMILES string of the molecule is COc1cccc(CC(C(=O)Nc2ccc(C(C)C)cc2)c2nn[nH]n2)c1. The molecule has 0 aliphatic rings. The lowest BCUT2D eigenvalue weighted by Gasteiger charge is -2.15. The molecule has 1 heterocycles. The van der Waals surface area contributed by atoms with Crippen LogP contribution in [-0.4, -0.2) is 33.6 Å². The van der Waals surface area contributed by atoms with E-state index in [0.29, 0.717) is 18.2 Å². The molecular weight excluding hydrogens is 342 g/mol. The maximum absolute atomic E-state index is 12.9. The maximum atomic E-state index is 12.9. The molecule has 140 valence electrons. The molecule has 27 heavy (non-hydrogen) atoms. The number of nitrogens with one attached hydrogen (secondary N) is 2. The van der Waals surface area contributed by atoms with Gasteiger partial charge >= 0.3 is 0 Å². The van der Waals surface area contributed by atoms with Gasteiger partial charge in [-0.05, 0) is 47.7 Å². The number of hydrogen-bond acceptors (Lipinski definition) is 5. The van der Waals surface area contributed by atoms with E-state index < -0.39 is 5.92 Å². The van der Waals surface area contributed by atoms with Gasteiger partial charge in [-0.15, -0.1) is 10.2 Å². The standard InChI is InChI=1S/C20H23N5O2/c1-13(2)15-7-9-16(10-8-15)21-20(26)18(19-22-24-25-23-19)12-14-5-4-6-17(11-14)27-3/h4-11,13,18H,12H2,1-3H3,(H,21,26)(H,22,23,24,25). The Kier molecular flexibility index (Phi) is 5.80. The van der Waals surface area contributed by atoms with Crippen LogP contribution in [0, 0.1) is 0 Å². The van der Waals surface area contributed by atoms with Gasteiger partial charge in [0.2, 0.25) is 5.91 Å². The van der Waals surface area contributed by atoms with Crippen molar-refractivity contribution in [3.8, 4) is 5.75 Å². The molecule has 0 fully saturated rings. The molecule has 1 unspecified atom stereocenters. The second-order valence-electron chi connectivity index (χ2n) is 6.64. The van der Waals surface area contributed by atoms with Crippen molar-refractivity contribution in [2.24, 2.45) is 0 Å². The van der Waals surface area contributed by atoms with Crippen molar-refractivity contribution in [2.75, 3.05) is 12.4 Å². The first kappa shape index (κ1) is 18.6. The van der Waals surface area contributed by atoms with Gasteiger partial charge in [-0.3, -0.25) is 4.79 Å². The second kappa shape index (κ2) is 8.44. The number of H-pyrrole nitrogens is 1. The first-order valence-electron chi connectivity index (χ1n) is 8.84. The zero-order valence-electron chi connectivity index (χ0n) is 15.6. The minimum Gasteiger partial charge on any atom is -0.497 e. The zero-order valence-corrected chi connectivity index (χ0v) is 15.6. The van der Waals surface area contributed by atoms with Gasteiger partial charge in [0.1, 0.15) is 11.7 Å². The lowest BCUT2D eigenvalue weighted by molar-refractivity contribution is -0.117. The van der Waals surface area contributed by atoms with Crippen molar-refractivity contribution in [2.45, 2.75) is 32.1 Å². The molecule has 0 aliphatic carbocycles. The number of hydrogen-bond donors (Lipinski definition) is 2. The average molecular weight is 365 g/mol. The molecule has 7 nitrogen and oxygen atoms in total. The predicted octanol–water partition coefficient (Wildman–Crippen LogP) is 3.30. The summed E-state index contributed by atoms with van der Waals surface area (Å²) in [5, 5.41) is 17.0. The summed E-state index contributed by atoms with van der Waals surface area (Å²) in [7, 11) is 1.61. The molecule has 1 aromatic heterocycles. The van der Waals surface area contributed by atoms with Gasteiger partial charge in [0.25, 0.3) is 0 Å². The largest absolute Gasteiger partial charge is 0.497 e. The van der Waals surface area contributed by atoms with Crippen LogP contribution in [0.3, 0.4) is 0 Å². The number of amides is 1. The highest BCUT2D eigenvalue weighted by Gasteiger charge is 2.25. The minimum atomic E-state index is -0.569. The van der Waals surface area contributed by atoms with Gasteiger partial charge < -0.3 is 10.1 Å². The molecule has 3 rings (SSSR count). The summed E-state index contributed by atoms with van der Waals surface area (Å²) in [6.45, 7) is 4.27. The highest BCUT2D eigenvalue weighted by molar-refractivity contribution is 5.95. The fourth-order valence-corrected chi connectivity index (χ4v) is 2.83. The van der Waals surface area contributed by atoms with Crippen LogP contribution in [0.15, 0.2) is 48.5 Å². The summed E-state index contributed by atoms with van der Waals surface area (Å²) in [6, 6.07) is 15.5. The molecule has 0 spiro atoms. The molecule has 3 aromatic rings. The molecule has 0 saturated heterocycles. The normalized spacial score (nSPS) is 12.0. The summed E-state index contributed by atoms with van der Waals surface area (Å²) < 4.78 is 5.26. The van der Waals surface area contributed by atoms with Gasteiger partial charge in [-0.1, -0.05) is 43.3 Å². The molecule has 2 N–H and O–H groups in total. The van der Waals surface area contributed by atoms with Crippen LogP contribution < -0.4 is 10.1 Å². The zero-order chi connectivity index (χ0) is 19.2. The quantitative estimate of drug-likeness (QED) is 0.670. The summed E-state index contributed by atoms with van der Waals surface area (Å²) >= 11 is 0. The Morgan fingerprint density at radius 2 is 1.96 bits per heavy atom. The van der Waals surface area contributed by atoms with E-state index >= 15 is 0 Å². The molecular formula is C20H23N5O2. The topological polar surface area (TPSA) is 92.8 Å². The smallest absolute Gasteiger partial charge is 0.235 e. The molecule has 7 heteroatoms. The molecule has 0 saturated carbocycles. The van der Waals surface area contributed by atoms with Gasteiger partial charge in [0, 0.05) is 5.69 Å². The van der Waals surface area contributed by atoms with E-state index in [1.165, 1.54) is 5.56 Å². The number of rotatable bonds is 7. The number of tetrazole rings is 1. The fourth-order valence-electron chi connectivity index (χ4n) is 2.83. The third-order valence-electron chi connectivity index (χ3n) is 4.41. The van der Waals surface area contributed by atoms with Crippen molar-refractivity contribution < 1.29 is 9.53 Å². The van der Waals surface area contributed by atoms with Gasteiger partial charge in [0.05, 0.1) is 7.11 Å². The number of aromatic amines is 1. The van der Waals surface area contributed by atoms with Crippen molar-refractivity contribution in [1.29, 1.82) is 0 Å². The van der Waals surface area contributed by atoms with E-state index in [2.05, 4.69) is 39.8 Å². The summed E-state index contributed by atoms with van der Waals surface area (Å²) in [5.74, 6) is 0.783.